The molecule has 1 N–H and O–H groups in total. The first kappa shape index (κ1) is 84.2. The van der Waals surface area contributed by atoms with Gasteiger partial charge in [0.05, 0.1) is 50.4 Å². The normalized spacial score (nSPS) is 24.7. The van der Waals surface area contributed by atoms with E-state index in [1.807, 2.05) is 239 Å². The van der Waals surface area contributed by atoms with Crippen molar-refractivity contribution in [1.82, 2.24) is 20.0 Å². The molecule has 608 valence electrons. The van der Waals surface area contributed by atoms with Crippen LogP contribution in [0.2, 0.25) is 0 Å². The molecule has 4 atom stereocenters. The second kappa shape index (κ2) is 34.2. The van der Waals surface area contributed by atoms with Gasteiger partial charge in [-0.1, -0.05) is 350 Å². The molecule has 4 fully saturated rings. The lowest BCUT2D eigenvalue weighted by Gasteiger charge is -2.57. The highest BCUT2D eigenvalue weighted by Crippen LogP contribution is 2.63. The summed E-state index contributed by atoms with van der Waals surface area (Å²) in [6.45, 7) is 37.1. The van der Waals surface area contributed by atoms with Crippen LogP contribution in [-0.2, 0) is 94.3 Å². The summed E-state index contributed by atoms with van der Waals surface area (Å²) in [6.07, 6.45) is 14.5. The van der Waals surface area contributed by atoms with Gasteiger partial charge in [0.1, 0.15) is 10.8 Å². The van der Waals surface area contributed by atoms with Crippen LogP contribution in [0.3, 0.4) is 0 Å². The summed E-state index contributed by atoms with van der Waals surface area (Å²) in [5.41, 5.74) is 6.02. The van der Waals surface area contributed by atoms with Crippen molar-refractivity contribution in [1.29, 1.82) is 0 Å². The molecule has 18 rings (SSSR count). The molecule has 4 aliphatic carbocycles. The number of nitrogens with one attached hydrogen (secondary N) is 1. The Labute approximate surface area is 708 Å². The van der Waals surface area contributed by atoms with Crippen LogP contribution in [0.5, 0.6) is 0 Å². The van der Waals surface area contributed by atoms with Gasteiger partial charge in [0.15, 0.2) is 23.1 Å². The van der Waals surface area contributed by atoms with Crippen LogP contribution in [-0.4, -0.2) is 114 Å². The van der Waals surface area contributed by atoms with Crippen molar-refractivity contribution in [3.8, 4) is 0 Å². The van der Waals surface area contributed by atoms with Crippen molar-refractivity contribution < 1.29 is 47.7 Å². The Bertz CT molecular complexity index is 5210. The van der Waals surface area contributed by atoms with Crippen LogP contribution in [0, 0.1) is 34.8 Å². The molecular weight excluding hydrogens is 1550 g/mol. The number of Topliss-reactive ketones (excluding diaryl/α,β-unsaturated/α-hetero) is 2. The van der Waals surface area contributed by atoms with E-state index in [1.54, 1.807) is 22.0 Å². The summed E-state index contributed by atoms with van der Waals surface area (Å²) in [4.78, 5) is 93.6. The van der Waals surface area contributed by atoms with Crippen LogP contribution in [0.25, 0.3) is 9.69 Å². The van der Waals surface area contributed by atoms with E-state index >= 15 is 0 Å². The summed E-state index contributed by atoms with van der Waals surface area (Å²) in [5.74, 6) is -1.59. The molecule has 0 bridgehead atoms. The van der Waals surface area contributed by atoms with Gasteiger partial charge in [-0.2, -0.15) is 0 Å². The molecule has 17 heteroatoms. The Morgan fingerprint density at radius 1 is 0.361 bits per heavy atom. The lowest BCUT2D eigenvalue weighted by atomic mass is 9.53. The second-order valence-corrected chi connectivity index (χ2v) is 34.6. The summed E-state index contributed by atoms with van der Waals surface area (Å²) < 4.78 is 24.5. The third kappa shape index (κ3) is 15.0. The van der Waals surface area contributed by atoms with Gasteiger partial charge in [0.2, 0.25) is 35.0 Å². The lowest BCUT2D eigenvalue weighted by Crippen LogP contribution is -2.62. The molecule has 10 aliphatic rings. The van der Waals surface area contributed by atoms with Crippen LogP contribution < -0.4 is 5.32 Å². The Hall–Kier alpha value is -11.3. The monoisotopic (exact) mass is 1650 g/mol. The number of ether oxygens (including phenoxy) is 4. The van der Waals surface area contributed by atoms with Crippen LogP contribution >= 0.6 is 15.9 Å². The third-order valence-electron chi connectivity index (χ3n) is 26.1. The molecule has 2 spiro atoms. The number of hydrogen-bond acceptors (Lipinski definition) is 10. The van der Waals surface area contributed by atoms with Crippen molar-refractivity contribution in [2.45, 2.75) is 139 Å². The maximum absolute atomic E-state index is 14.2. The lowest BCUT2D eigenvalue weighted by molar-refractivity contribution is -0.236. The van der Waals surface area contributed by atoms with E-state index in [-0.39, 0.29) is 52.0 Å². The number of hydrogen-bond donors (Lipinski definition) is 1. The third-order valence-corrected chi connectivity index (χ3v) is 26.8. The number of halogens is 1. The highest BCUT2D eigenvalue weighted by Gasteiger charge is 2.67. The zero-order chi connectivity index (χ0) is 84.1. The quantitative estimate of drug-likeness (QED) is 0.0747. The number of fused-ring (bicyclic) bond motifs is 4. The van der Waals surface area contributed by atoms with Crippen molar-refractivity contribution in [2.24, 2.45) is 21.7 Å². The average Bonchev–Trinajstić information content (AvgIpc) is 1.69. The predicted octanol–water partition coefficient (Wildman–Crippen LogP) is 18.2. The topological polar surface area (TPSA) is 170 Å². The fourth-order valence-electron chi connectivity index (χ4n) is 20.1. The summed E-state index contributed by atoms with van der Waals surface area (Å²) in [7, 11) is 0. The molecule has 2 saturated heterocycles. The minimum absolute atomic E-state index is 0.0333. The molecular formula is C102H103BrN6O10. The number of rotatable bonds is 11. The van der Waals surface area contributed by atoms with E-state index in [0.29, 0.717) is 91.5 Å². The fraction of sp³-hybridized carbons (Fsp3) is 0.333. The van der Waals surface area contributed by atoms with Crippen molar-refractivity contribution >= 4 is 51.1 Å². The van der Waals surface area contributed by atoms with E-state index < -0.39 is 49.5 Å². The van der Waals surface area contributed by atoms with Crippen LogP contribution in [0.4, 0.5) is 0 Å². The van der Waals surface area contributed by atoms with Gasteiger partial charge in [-0.15, -0.1) is 0 Å². The molecule has 0 aromatic heterocycles. The van der Waals surface area contributed by atoms with Gasteiger partial charge in [-0.25, -0.2) is 9.69 Å². The highest BCUT2D eigenvalue weighted by molar-refractivity contribution is 9.08. The van der Waals surface area contributed by atoms with E-state index in [0.717, 1.165) is 73.0 Å². The highest BCUT2D eigenvalue weighted by atomic mass is 79.9. The molecule has 2 saturated carbocycles. The van der Waals surface area contributed by atoms with Crippen LogP contribution in [0.1, 0.15) is 126 Å². The second-order valence-electron chi connectivity index (χ2n) is 34.0. The number of ketones is 2. The molecule has 6 aliphatic heterocycles. The van der Waals surface area contributed by atoms with E-state index in [2.05, 4.69) is 119 Å². The standard InChI is InChI=1S/C26H29NO3.2C25H22N2O2.C19H23NO3.C7H7Br/c1-24(2)22-13-16-27(19-20-9-5-3-6-10-20)23(28)25(22,21-11-7-4-8-12-21)14-15-26(24)29-17-18-30-26;2*1-24(2)21-14-15-27(17-18-10-6-4-7-11-18)23(29)25(21,16-20(26-3)22(24)28)19-12-8-5-9-13-19;1-17(2)15-8-11-20-16(21)18(15,14-6-4-3-5-7-14)9-10-19(17)22-12-13-23-19;8-6-7-4-2-1-3-5-7/h3-13H,14-19H2,1-2H3;2*4-14,16H,15,17H2,1-2H3;3-8H,9-13H2,1-2H3,(H,20,21);1-5H,6H2/t;2*25-;;/m.10../s1. The van der Waals surface area contributed by atoms with Crippen LogP contribution in [0.15, 0.2) is 313 Å². The number of alkyl halides is 1. The molecule has 0 radical (unpaired) electrons. The minimum Gasteiger partial charge on any atom is -0.352 e. The Balaban J connectivity index is 0.000000126. The first-order chi connectivity index (χ1) is 57.3. The van der Waals surface area contributed by atoms with Crippen molar-refractivity contribution in [2.75, 3.05) is 52.6 Å². The van der Waals surface area contributed by atoms with Gasteiger partial charge in [0.25, 0.3) is 0 Å². The molecule has 8 aromatic carbocycles. The maximum Gasteiger partial charge on any atom is 0.240 e. The Morgan fingerprint density at radius 3 is 0.992 bits per heavy atom. The fourth-order valence-corrected chi connectivity index (χ4v) is 20.4. The van der Waals surface area contributed by atoms with Crippen molar-refractivity contribution in [3.05, 3.63) is 380 Å². The number of benzene rings is 8. The zero-order valence-electron chi connectivity index (χ0n) is 69.1. The van der Waals surface area contributed by atoms with E-state index in [1.165, 1.54) is 5.56 Å². The number of amides is 4. The van der Waals surface area contributed by atoms with E-state index in [4.69, 9.17) is 32.1 Å². The molecule has 8 aromatic rings. The van der Waals surface area contributed by atoms with Gasteiger partial charge in [-0.3, -0.25) is 19.2 Å². The van der Waals surface area contributed by atoms with E-state index in [9.17, 15) is 28.8 Å². The average molecular weight is 1650 g/mol. The zero-order valence-corrected chi connectivity index (χ0v) is 70.7. The summed E-state index contributed by atoms with van der Waals surface area (Å²) in [5, 5.41) is 3.99. The van der Waals surface area contributed by atoms with Crippen molar-refractivity contribution in [3.63, 3.8) is 0 Å². The molecule has 119 heavy (non-hydrogen) atoms. The summed E-state index contributed by atoms with van der Waals surface area (Å²) in [6, 6.07) is 79.6. The number of carbonyl (C=O) groups excluding carboxylic acids is 6. The number of nitrogens with zero attached hydrogens (tertiary/aromatic N) is 5. The maximum atomic E-state index is 14.2. The summed E-state index contributed by atoms with van der Waals surface area (Å²) >= 11 is 3.36. The Kier molecular flexibility index (Phi) is 24.2. The van der Waals surface area contributed by atoms with Gasteiger partial charge in [-0.05, 0) is 79.6 Å². The molecule has 6 heterocycles. The predicted molar refractivity (Wildman–Crippen MR) is 465 cm³/mol. The minimum atomic E-state index is -1.13. The smallest absolute Gasteiger partial charge is 0.240 e. The molecule has 2 unspecified atom stereocenters. The van der Waals surface area contributed by atoms with Gasteiger partial charge < -0.3 is 48.6 Å². The number of allylic oxidation sites excluding steroid dienone is 2. The SMILES string of the molecule is BrCc1ccccc1.CC1(C)C2=CCN(Cc3ccccc3)C(=O)C2(c2ccccc2)CCC12OCCO2.CC1(C)C2=CCNC(=O)C2(c2ccccc2)CCC12OCCO2.[C-]#[N+]C1=C[C@@]2(c3ccccc3)C(=O)N(Cc3ccccc3)CC=C2C(C)(C)C1=O.[C-]#[N+]C1=C[C@]2(c3ccccc3)C(=O)N(Cc3ccccc3)CC=C2C(C)(C)C1=O. The Morgan fingerprint density at radius 2 is 0.655 bits per heavy atom. The largest absolute Gasteiger partial charge is 0.352 e. The first-order valence-corrected chi connectivity index (χ1v) is 42.2. The molecule has 16 nitrogen and oxygen atoms in total. The molecule has 4 amide bonds. The number of carbonyl (C=O) groups is 6. The first-order valence-electron chi connectivity index (χ1n) is 41.1. The van der Waals surface area contributed by atoms with Gasteiger partial charge >= 0.3 is 0 Å². The van der Waals surface area contributed by atoms with Gasteiger partial charge in [0, 0.05) is 85.6 Å².